The van der Waals surface area contributed by atoms with Gasteiger partial charge in [-0.25, -0.2) is 4.79 Å². The molecule has 0 spiro atoms. The molecule has 0 aromatic heterocycles. The second kappa shape index (κ2) is 4.83. The Morgan fingerprint density at radius 3 is 2.88 bits per heavy atom. The first-order chi connectivity index (χ1) is 7.66. The van der Waals surface area contributed by atoms with Crippen LogP contribution in [0.2, 0.25) is 0 Å². The molecule has 2 atom stereocenters. The molecule has 0 bridgehead atoms. The molecule has 3 nitrogen and oxygen atoms in total. The number of hydrogen-bond acceptors (Lipinski definition) is 3. The molecule has 1 heterocycles. The van der Waals surface area contributed by atoms with Crippen LogP contribution in [0.5, 0.6) is 0 Å². The zero-order chi connectivity index (χ0) is 11.5. The lowest BCUT2D eigenvalue weighted by Crippen LogP contribution is -2.14. The van der Waals surface area contributed by atoms with Crippen LogP contribution in [0, 0.1) is 11.8 Å². The molecule has 1 aliphatic heterocycles. The van der Waals surface area contributed by atoms with Gasteiger partial charge >= 0.3 is 5.97 Å². The maximum atomic E-state index is 11.6. The monoisotopic (exact) mass is 222 g/mol. The van der Waals surface area contributed by atoms with Crippen LogP contribution >= 0.6 is 0 Å². The molecule has 16 heavy (non-hydrogen) atoms. The molecule has 0 radical (unpaired) electrons. The van der Waals surface area contributed by atoms with Crippen molar-refractivity contribution in [2.75, 3.05) is 13.2 Å². The average Bonchev–Trinajstić information content (AvgIpc) is 3.10. The van der Waals surface area contributed by atoms with E-state index in [1.165, 1.54) is 0 Å². The summed E-state index contributed by atoms with van der Waals surface area (Å²) in [4.78, 5) is 11.6. The predicted octanol–water partition coefficient (Wildman–Crippen LogP) is 2.09. The fraction of sp³-hybridized carbons (Fsp3) is 0.615. The minimum absolute atomic E-state index is 0.139. The van der Waals surface area contributed by atoms with E-state index in [2.05, 4.69) is 19.9 Å². The molecular weight excluding hydrogens is 204 g/mol. The zero-order valence-corrected chi connectivity index (χ0v) is 9.81. The summed E-state index contributed by atoms with van der Waals surface area (Å²) < 4.78 is 10.1. The van der Waals surface area contributed by atoms with Gasteiger partial charge < -0.3 is 9.47 Å². The van der Waals surface area contributed by atoms with Gasteiger partial charge in [0.15, 0.2) is 0 Å². The van der Waals surface area contributed by atoms with Crippen molar-refractivity contribution in [1.82, 2.24) is 0 Å². The molecule has 2 rings (SSSR count). The Labute approximate surface area is 96.1 Å². The van der Waals surface area contributed by atoms with Gasteiger partial charge in [-0.15, -0.1) is 0 Å². The van der Waals surface area contributed by atoms with Crippen LogP contribution in [0.1, 0.15) is 20.3 Å². The number of esters is 1. The Hall–Kier alpha value is -1.09. The van der Waals surface area contributed by atoms with E-state index in [1.54, 1.807) is 0 Å². The second-order valence-corrected chi connectivity index (χ2v) is 4.72. The summed E-state index contributed by atoms with van der Waals surface area (Å²) in [6, 6.07) is 0. The molecule has 0 aromatic carbocycles. The largest absolute Gasteiger partial charge is 0.459 e. The molecule has 1 fully saturated rings. The molecule has 2 aliphatic rings. The molecule has 0 amide bonds. The summed E-state index contributed by atoms with van der Waals surface area (Å²) in [7, 11) is 0. The summed E-state index contributed by atoms with van der Waals surface area (Å²) in [5.74, 6) is 0.933. The number of epoxide rings is 1. The zero-order valence-electron chi connectivity index (χ0n) is 9.81. The van der Waals surface area contributed by atoms with Gasteiger partial charge in [0.05, 0.1) is 12.2 Å². The highest BCUT2D eigenvalue weighted by atomic mass is 16.6. The van der Waals surface area contributed by atoms with E-state index in [1.807, 2.05) is 12.2 Å². The highest BCUT2D eigenvalue weighted by Gasteiger charge is 2.25. The molecule has 0 aromatic rings. The summed E-state index contributed by atoms with van der Waals surface area (Å²) in [6.07, 6.45) is 7.03. The molecular formula is C13H18O3. The van der Waals surface area contributed by atoms with Crippen molar-refractivity contribution in [3.05, 3.63) is 23.8 Å². The first kappa shape index (κ1) is 11.4. The van der Waals surface area contributed by atoms with Crippen LogP contribution in [0.25, 0.3) is 0 Å². The highest BCUT2D eigenvalue weighted by Crippen LogP contribution is 2.23. The first-order valence-electron chi connectivity index (χ1n) is 5.84. The van der Waals surface area contributed by atoms with Crippen molar-refractivity contribution in [2.24, 2.45) is 11.8 Å². The van der Waals surface area contributed by atoms with Gasteiger partial charge in [-0.1, -0.05) is 32.1 Å². The van der Waals surface area contributed by atoms with Crippen molar-refractivity contribution in [3.63, 3.8) is 0 Å². The van der Waals surface area contributed by atoms with E-state index < -0.39 is 0 Å². The van der Waals surface area contributed by atoms with Gasteiger partial charge in [-0.3, -0.25) is 0 Å². The number of ether oxygens (including phenoxy) is 2. The minimum Gasteiger partial charge on any atom is -0.459 e. The van der Waals surface area contributed by atoms with Crippen molar-refractivity contribution in [1.29, 1.82) is 0 Å². The molecule has 0 N–H and O–H groups in total. The summed E-state index contributed by atoms with van der Waals surface area (Å²) in [5, 5.41) is 0. The Morgan fingerprint density at radius 2 is 2.38 bits per heavy atom. The Morgan fingerprint density at radius 1 is 1.62 bits per heavy atom. The van der Waals surface area contributed by atoms with Gasteiger partial charge in [0.1, 0.15) is 12.7 Å². The van der Waals surface area contributed by atoms with Crippen LogP contribution in [-0.4, -0.2) is 25.3 Å². The second-order valence-electron chi connectivity index (χ2n) is 4.72. The van der Waals surface area contributed by atoms with Gasteiger partial charge in [-0.05, 0) is 18.3 Å². The summed E-state index contributed by atoms with van der Waals surface area (Å²) >= 11 is 0. The lowest BCUT2D eigenvalue weighted by Gasteiger charge is -2.18. The lowest BCUT2D eigenvalue weighted by molar-refractivity contribution is -0.139. The molecule has 0 saturated carbocycles. The van der Waals surface area contributed by atoms with Crippen molar-refractivity contribution < 1.29 is 14.3 Å². The normalized spacial score (nSPS) is 27.8. The SMILES string of the molecule is CC(C)C1C=CC(C(=O)OCC2CO2)=CC1. The number of rotatable bonds is 4. The highest BCUT2D eigenvalue weighted by molar-refractivity contribution is 5.91. The van der Waals surface area contributed by atoms with Gasteiger partial charge in [0, 0.05) is 0 Å². The maximum Gasteiger partial charge on any atom is 0.337 e. The minimum atomic E-state index is -0.228. The van der Waals surface area contributed by atoms with Crippen LogP contribution in [-0.2, 0) is 14.3 Å². The van der Waals surface area contributed by atoms with E-state index in [0.29, 0.717) is 24.0 Å². The third kappa shape index (κ3) is 2.95. The van der Waals surface area contributed by atoms with Crippen molar-refractivity contribution >= 4 is 5.97 Å². The van der Waals surface area contributed by atoms with Crippen LogP contribution < -0.4 is 0 Å². The van der Waals surface area contributed by atoms with E-state index in [4.69, 9.17) is 9.47 Å². The number of carbonyl (C=O) groups is 1. The fourth-order valence-corrected chi connectivity index (χ4v) is 1.70. The quantitative estimate of drug-likeness (QED) is 0.540. The Kier molecular flexibility index (Phi) is 3.44. The number of allylic oxidation sites excluding steroid dienone is 2. The smallest absolute Gasteiger partial charge is 0.337 e. The fourth-order valence-electron chi connectivity index (χ4n) is 1.70. The number of carbonyl (C=O) groups excluding carboxylic acids is 1. The van der Waals surface area contributed by atoms with Gasteiger partial charge in [0.2, 0.25) is 0 Å². The van der Waals surface area contributed by atoms with Crippen LogP contribution in [0.4, 0.5) is 0 Å². The molecule has 3 heteroatoms. The topological polar surface area (TPSA) is 38.8 Å². The predicted molar refractivity (Wildman–Crippen MR) is 60.9 cm³/mol. The number of hydrogen-bond donors (Lipinski definition) is 0. The van der Waals surface area contributed by atoms with Crippen molar-refractivity contribution in [3.8, 4) is 0 Å². The van der Waals surface area contributed by atoms with Gasteiger partial charge in [0.25, 0.3) is 0 Å². The Bertz CT molecular complexity index is 324. The molecule has 2 unspecified atom stereocenters. The van der Waals surface area contributed by atoms with E-state index in [9.17, 15) is 4.79 Å². The maximum absolute atomic E-state index is 11.6. The van der Waals surface area contributed by atoms with E-state index >= 15 is 0 Å². The molecule has 1 saturated heterocycles. The average molecular weight is 222 g/mol. The van der Waals surface area contributed by atoms with Crippen molar-refractivity contribution in [2.45, 2.75) is 26.4 Å². The van der Waals surface area contributed by atoms with Crippen LogP contribution in [0.3, 0.4) is 0 Å². The Balaban J connectivity index is 1.81. The van der Waals surface area contributed by atoms with E-state index in [-0.39, 0.29) is 12.1 Å². The third-order valence-electron chi connectivity index (χ3n) is 3.03. The summed E-state index contributed by atoms with van der Waals surface area (Å²) in [6.45, 7) is 5.49. The summed E-state index contributed by atoms with van der Waals surface area (Å²) in [5.41, 5.74) is 0.678. The standard InChI is InChI=1S/C13H18O3/c1-9(2)10-3-5-11(6-4-10)13(14)16-8-12-7-15-12/h3,5-6,9-10,12H,4,7-8H2,1-2H3. The van der Waals surface area contributed by atoms with Crippen LogP contribution in [0.15, 0.2) is 23.8 Å². The lowest BCUT2D eigenvalue weighted by atomic mass is 9.88. The molecule has 1 aliphatic carbocycles. The molecule has 88 valence electrons. The third-order valence-corrected chi connectivity index (χ3v) is 3.03. The van der Waals surface area contributed by atoms with Gasteiger partial charge in [-0.2, -0.15) is 0 Å². The first-order valence-corrected chi connectivity index (χ1v) is 5.84. The van der Waals surface area contributed by atoms with E-state index in [0.717, 1.165) is 13.0 Å².